The molecule has 102 valence electrons. The Labute approximate surface area is 116 Å². The van der Waals surface area contributed by atoms with Crippen molar-refractivity contribution in [2.24, 2.45) is 0 Å². The van der Waals surface area contributed by atoms with Gasteiger partial charge in [-0.25, -0.2) is 0 Å². The van der Waals surface area contributed by atoms with Crippen LogP contribution in [0.2, 0.25) is 23.2 Å². The van der Waals surface area contributed by atoms with Gasteiger partial charge in [-0.15, -0.1) is 0 Å². The molecule has 0 aliphatic carbocycles. The lowest BCUT2D eigenvalue weighted by atomic mass is 10.1. The molecule has 0 saturated heterocycles. The van der Waals surface area contributed by atoms with Crippen molar-refractivity contribution in [3.8, 4) is 0 Å². The van der Waals surface area contributed by atoms with Gasteiger partial charge in [0.15, 0.2) is 8.32 Å². The fourth-order valence-electron chi connectivity index (χ4n) is 1.42. The van der Waals surface area contributed by atoms with Gasteiger partial charge >= 0.3 is 0 Å². The van der Waals surface area contributed by atoms with Crippen molar-refractivity contribution < 1.29 is 9.53 Å². The molecule has 0 fully saturated rings. The highest BCUT2D eigenvalue weighted by Gasteiger charge is 2.38. The van der Waals surface area contributed by atoms with Crippen molar-refractivity contribution in [1.82, 2.24) is 0 Å². The Kier molecular flexibility index (Phi) is 5.01. The molecule has 0 saturated carbocycles. The monoisotopic (exact) mass is 286 g/mol. The van der Waals surface area contributed by atoms with E-state index in [1.165, 1.54) is 0 Å². The fourth-order valence-corrected chi connectivity index (χ4v) is 2.75. The van der Waals surface area contributed by atoms with Crippen LogP contribution in [0, 0.1) is 0 Å². The summed E-state index contributed by atoms with van der Waals surface area (Å²) in [4.78, 5) is 0. The minimum absolute atomic E-state index is 0.0995. The van der Waals surface area contributed by atoms with E-state index < -0.39 is 14.6 Å². The smallest absolute Gasteiger partial charge is 0.195 e. The molecule has 0 heterocycles. The summed E-state index contributed by atoms with van der Waals surface area (Å²) in [5, 5.41) is 10.8. The standard InChI is InChI=1S/C14H23ClO2Si/c1-14(2,3)18(4,5)17-13(16)10-11-7-6-8-12(15)9-11/h6-9,13,16H,10H2,1-5H3/t13-/m1/s1. The third-order valence-corrected chi connectivity index (χ3v) is 8.25. The molecule has 2 nitrogen and oxygen atoms in total. The van der Waals surface area contributed by atoms with Gasteiger partial charge in [-0.05, 0) is 35.8 Å². The van der Waals surface area contributed by atoms with Crippen LogP contribution in [-0.2, 0) is 10.8 Å². The maximum absolute atomic E-state index is 10.1. The highest BCUT2D eigenvalue weighted by atomic mass is 35.5. The van der Waals surface area contributed by atoms with Crippen molar-refractivity contribution in [2.45, 2.75) is 51.6 Å². The quantitative estimate of drug-likeness (QED) is 0.663. The molecule has 1 rings (SSSR count). The maximum atomic E-state index is 10.1. The maximum Gasteiger partial charge on any atom is 0.195 e. The van der Waals surface area contributed by atoms with Crippen molar-refractivity contribution in [3.05, 3.63) is 34.9 Å². The van der Waals surface area contributed by atoms with Gasteiger partial charge in [0.25, 0.3) is 0 Å². The van der Waals surface area contributed by atoms with Crippen molar-refractivity contribution in [1.29, 1.82) is 0 Å². The van der Waals surface area contributed by atoms with Gasteiger partial charge < -0.3 is 9.53 Å². The molecule has 1 atom stereocenters. The van der Waals surface area contributed by atoms with Gasteiger partial charge in [-0.2, -0.15) is 0 Å². The summed E-state index contributed by atoms with van der Waals surface area (Å²) in [7, 11) is -1.92. The van der Waals surface area contributed by atoms with Gasteiger partial charge in [-0.1, -0.05) is 44.5 Å². The van der Waals surface area contributed by atoms with Crippen LogP contribution in [0.1, 0.15) is 26.3 Å². The van der Waals surface area contributed by atoms with E-state index in [9.17, 15) is 5.11 Å². The molecule has 4 heteroatoms. The number of hydrogen-bond donors (Lipinski definition) is 1. The molecule has 0 radical (unpaired) electrons. The van der Waals surface area contributed by atoms with Crippen LogP contribution >= 0.6 is 11.6 Å². The van der Waals surface area contributed by atoms with Crippen LogP contribution in [0.25, 0.3) is 0 Å². The molecule has 0 aliphatic rings. The zero-order valence-electron chi connectivity index (χ0n) is 11.8. The van der Waals surface area contributed by atoms with E-state index in [1.807, 2.05) is 24.3 Å². The lowest BCUT2D eigenvalue weighted by Crippen LogP contribution is -2.44. The first-order chi connectivity index (χ1) is 8.12. The van der Waals surface area contributed by atoms with E-state index in [1.54, 1.807) is 0 Å². The molecule has 0 amide bonds. The summed E-state index contributed by atoms with van der Waals surface area (Å²) in [5.74, 6) is 0. The Balaban J connectivity index is 2.65. The molecule has 1 aromatic carbocycles. The second-order valence-corrected chi connectivity index (χ2v) is 11.4. The molecule has 0 bridgehead atoms. The summed E-state index contributed by atoms with van der Waals surface area (Å²) in [6, 6.07) is 7.52. The van der Waals surface area contributed by atoms with Crippen LogP contribution in [0.5, 0.6) is 0 Å². The second-order valence-electron chi connectivity index (χ2n) is 6.17. The Bertz CT molecular complexity index is 399. The number of aliphatic hydroxyl groups is 1. The van der Waals surface area contributed by atoms with E-state index in [0.717, 1.165) is 5.56 Å². The zero-order chi connectivity index (χ0) is 14.0. The fraction of sp³-hybridized carbons (Fsp3) is 0.571. The number of rotatable bonds is 4. The van der Waals surface area contributed by atoms with Crippen LogP contribution < -0.4 is 0 Å². The van der Waals surface area contributed by atoms with Crippen molar-refractivity contribution in [3.63, 3.8) is 0 Å². The normalized spacial score (nSPS) is 14.6. The molecule has 0 unspecified atom stereocenters. The molecule has 1 aromatic rings. The predicted octanol–water partition coefficient (Wildman–Crippen LogP) is 4.22. The molecule has 0 aliphatic heterocycles. The number of halogens is 1. The Morgan fingerprint density at radius 1 is 1.33 bits per heavy atom. The lowest BCUT2D eigenvalue weighted by Gasteiger charge is -2.37. The number of aliphatic hydroxyl groups excluding tert-OH is 1. The van der Waals surface area contributed by atoms with Crippen LogP contribution in [-0.4, -0.2) is 19.7 Å². The van der Waals surface area contributed by atoms with Crippen LogP contribution in [0.15, 0.2) is 24.3 Å². The van der Waals surface area contributed by atoms with Gasteiger partial charge in [0.1, 0.15) is 6.29 Å². The van der Waals surface area contributed by atoms with E-state index in [4.69, 9.17) is 16.0 Å². The Hall–Kier alpha value is -0.353. The summed E-state index contributed by atoms with van der Waals surface area (Å²) < 4.78 is 5.90. The van der Waals surface area contributed by atoms with E-state index in [0.29, 0.717) is 11.4 Å². The van der Waals surface area contributed by atoms with Crippen LogP contribution in [0.3, 0.4) is 0 Å². The highest BCUT2D eigenvalue weighted by molar-refractivity contribution is 6.74. The largest absolute Gasteiger partial charge is 0.392 e. The third-order valence-electron chi connectivity index (χ3n) is 3.54. The summed E-state index contributed by atoms with van der Waals surface area (Å²) >= 11 is 5.92. The summed E-state index contributed by atoms with van der Waals surface area (Å²) in [6.45, 7) is 10.7. The van der Waals surface area contributed by atoms with E-state index >= 15 is 0 Å². The molecule has 1 N–H and O–H groups in total. The highest BCUT2D eigenvalue weighted by Crippen LogP contribution is 2.37. The summed E-state index contributed by atoms with van der Waals surface area (Å²) in [5.41, 5.74) is 0.994. The SMILES string of the molecule is CC(C)(C)[Si](C)(C)O[C@@H](O)Cc1cccc(Cl)c1. The van der Waals surface area contributed by atoms with E-state index in [-0.39, 0.29) is 5.04 Å². The first-order valence-corrected chi connectivity index (χ1v) is 9.51. The molecule has 0 aromatic heterocycles. The second kappa shape index (κ2) is 5.74. The number of hydrogen-bond acceptors (Lipinski definition) is 2. The molecular weight excluding hydrogens is 264 g/mol. The van der Waals surface area contributed by atoms with Gasteiger partial charge in [0, 0.05) is 11.4 Å². The molecule has 0 spiro atoms. The Morgan fingerprint density at radius 2 is 1.94 bits per heavy atom. The first kappa shape index (κ1) is 15.7. The van der Waals surface area contributed by atoms with Gasteiger partial charge in [0.05, 0.1) is 0 Å². The average molecular weight is 287 g/mol. The molecule has 18 heavy (non-hydrogen) atoms. The number of benzene rings is 1. The summed E-state index contributed by atoms with van der Waals surface area (Å²) in [6.07, 6.45) is -0.281. The third kappa shape index (κ3) is 4.39. The van der Waals surface area contributed by atoms with Crippen molar-refractivity contribution in [2.75, 3.05) is 0 Å². The lowest BCUT2D eigenvalue weighted by molar-refractivity contribution is -0.0267. The predicted molar refractivity (Wildman–Crippen MR) is 79.4 cm³/mol. The van der Waals surface area contributed by atoms with Gasteiger partial charge in [-0.3, -0.25) is 0 Å². The zero-order valence-corrected chi connectivity index (χ0v) is 13.6. The molecular formula is C14H23ClO2Si. The van der Waals surface area contributed by atoms with Crippen molar-refractivity contribution >= 4 is 19.9 Å². The minimum Gasteiger partial charge on any atom is -0.392 e. The first-order valence-electron chi connectivity index (χ1n) is 6.22. The average Bonchev–Trinajstić information content (AvgIpc) is 2.14. The van der Waals surface area contributed by atoms with Crippen LogP contribution in [0.4, 0.5) is 0 Å². The van der Waals surface area contributed by atoms with Gasteiger partial charge in [0.2, 0.25) is 0 Å². The Morgan fingerprint density at radius 3 is 2.44 bits per heavy atom. The van der Waals surface area contributed by atoms with E-state index in [2.05, 4.69) is 33.9 Å². The topological polar surface area (TPSA) is 29.5 Å². The minimum atomic E-state index is -1.92.